The van der Waals surface area contributed by atoms with Gasteiger partial charge in [0, 0.05) is 43.2 Å². The Hall–Kier alpha value is -4.01. The van der Waals surface area contributed by atoms with E-state index in [-0.39, 0.29) is 17.2 Å². The minimum absolute atomic E-state index is 0.186. The Morgan fingerprint density at radius 2 is 1.81 bits per heavy atom. The number of imidazole rings is 1. The van der Waals surface area contributed by atoms with Gasteiger partial charge in [0.15, 0.2) is 5.65 Å². The van der Waals surface area contributed by atoms with Gasteiger partial charge in [-0.15, -0.1) is 0 Å². The van der Waals surface area contributed by atoms with Crippen molar-refractivity contribution in [1.82, 2.24) is 29.4 Å². The Labute approximate surface area is 207 Å². The van der Waals surface area contributed by atoms with E-state index in [0.717, 1.165) is 31.2 Å². The smallest absolute Gasteiger partial charge is 0.332 e. The molecule has 0 aliphatic heterocycles. The lowest BCUT2D eigenvalue weighted by Crippen LogP contribution is -2.41. The van der Waals surface area contributed by atoms with Gasteiger partial charge in [-0.3, -0.25) is 23.7 Å². The molecule has 1 aromatic carbocycles. The van der Waals surface area contributed by atoms with Crippen LogP contribution in [0.15, 0.2) is 58.4 Å². The third kappa shape index (κ3) is 4.60. The highest BCUT2D eigenvalue weighted by Crippen LogP contribution is 2.32. The number of hydrogen-bond acceptors (Lipinski definition) is 5. The summed E-state index contributed by atoms with van der Waals surface area (Å²) in [6, 6.07) is 11.0. The number of aromatic nitrogens is 5. The number of pyridine rings is 1. The molecule has 184 valence electrons. The van der Waals surface area contributed by atoms with E-state index in [1.807, 2.05) is 18.2 Å². The van der Waals surface area contributed by atoms with E-state index < -0.39 is 0 Å². The number of fused-ring (bicyclic) bond motifs is 1. The van der Waals surface area contributed by atoms with Gasteiger partial charge >= 0.3 is 5.69 Å². The van der Waals surface area contributed by atoms with Gasteiger partial charge in [0.05, 0.1) is 0 Å². The van der Waals surface area contributed by atoms with E-state index in [4.69, 9.17) is 0 Å². The molecule has 9 nitrogen and oxygen atoms in total. The molecule has 2 fully saturated rings. The average molecular weight is 485 g/mol. The molecule has 2 aliphatic rings. The zero-order chi connectivity index (χ0) is 24.6. The second-order valence-corrected chi connectivity index (χ2v) is 9.93. The van der Waals surface area contributed by atoms with Crippen LogP contribution in [0, 0.1) is 11.8 Å². The van der Waals surface area contributed by atoms with E-state index in [1.165, 1.54) is 4.57 Å². The molecule has 0 spiro atoms. The zero-order valence-electron chi connectivity index (χ0n) is 19.9. The Morgan fingerprint density at radius 3 is 2.53 bits per heavy atom. The molecule has 0 saturated heterocycles. The van der Waals surface area contributed by atoms with Crippen LogP contribution >= 0.6 is 0 Å². The molecule has 0 bridgehead atoms. The number of nitrogens with zero attached hydrogens (tertiary/aromatic N) is 4. The van der Waals surface area contributed by atoms with Crippen molar-refractivity contribution in [3.8, 4) is 11.4 Å². The molecule has 2 N–H and O–H groups in total. The fraction of sp³-hybridized carbons (Fsp3) is 0.370. The summed E-state index contributed by atoms with van der Waals surface area (Å²) in [5.41, 5.74) is 2.38. The number of H-pyrrole nitrogens is 1. The Balaban J connectivity index is 1.29. The highest BCUT2D eigenvalue weighted by atomic mass is 16.2. The number of aromatic amines is 1. The van der Waals surface area contributed by atoms with Crippen LogP contribution in [-0.2, 0) is 19.5 Å². The predicted molar refractivity (Wildman–Crippen MR) is 136 cm³/mol. The van der Waals surface area contributed by atoms with Crippen molar-refractivity contribution in [2.24, 2.45) is 11.8 Å². The monoisotopic (exact) mass is 484 g/mol. The maximum Gasteiger partial charge on any atom is 0.332 e. The van der Waals surface area contributed by atoms with E-state index in [2.05, 4.69) is 20.3 Å². The first-order valence-electron chi connectivity index (χ1n) is 12.6. The minimum Gasteiger partial charge on any atom is -0.352 e. The zero-order valence-corrected chi connectivity index (χ0v) is 19.9. The Kier molecular flexibility index (Phi) is 5.75. The average Bonchev–Trinajstić information content (AvgIpc) is 3.84. The molecule has 3 aromatic heterocycles. The largest absolute Gasteiger partial charge is 0.352 e. The SMILES string of the molecule is O=C(NCCc1cccnc1)c1cccc(-c2nc3c([nH]2)c(=O)n(CC2CC2)c(=O)n3CC2CC2)c1. The summed E-state index contributed by atoms with van der Waals surface area (Å²) in [6.45, 7) is 1.53. The van der Waals surface area contributed by atoms with Gasteiger partial charge < -0.3 is 10.3 Å². The maximum atomic E-state index is 13.2. The highest BCUT2D eigenvalue weighted by molar-refractivity contribution is 5.95. The summed E-state index contributed by atoms with van der Waals surface area (Å²) in [5.74, 6) is 1.14. The van der Waals surface area contributed by atoms with Gasteiger partial charge in [0.25, 0.3) is 11.5 Å². The number of amides is 1. The molecule has 36 heavy (non-hydrogen) atoms. The van der Waals surface area contributed by atoms with E-state index >= 15 is 0 Å². The molecule has 4 aromatic rings. The van der Waals surface area contributed by atoms with Crippen LogP contribution in [0.1, 0.15) is 41.6 Å². The molecule has 2 aliphatic carbocycles. The molecular formula is C27H28N6O3. The lowest BCUT2D eigenvalue weighted by Gasteiger charge is -2.10. The lowest BCUT2D eigenvalue weighted by atomic mass is 10.1. The van der Waals surface area contributed by atoms with Gasteiger partial charge in [-0.05, 0) is 67.7 Å². The Bertz CT molecular complexity index is 1540. The molecule has 0 unspecified atom stereocenters. The van der Waals surface area contributed by atoms with E-state index in [0.29, 0.717) is 66.0 Å². The lowest BCUT2D eigenvalue weighted by molar-refractivity contribution is 0.0954. The van der Waals surface area contributed by atoms with Crippen LogP contribution in [-0.4, -0.2) is 36.5 Å². The number of hydrogen-bond donors (Lipinski definition) is 2. The summed E-state index contributed by atoms with van der Waals surface area (Å²) in [6.07, 6.45) is 8.48. The molecule has 6 rings (SSSR count). The van der Waals surface area contributed by atoms with Crippen molar-refractivity contribution in [2.75, 3.05) is 6.54 Å². The van der Waals surface area contributed by atoms with E-state index in [9.17, 15) is 14.4 Å². The second kappa shape index (κ2) is 9.22. The normalized spacial score (nSPS) is 15.3. The molecule has 2 saturated carbocycles. The van der Waals surface area contributed by atoms with Crippen molar-refractivity contribution < 1.29 is 4.79 Å². The first-order valence-corrected chi connectivity index (χ1v) is 12.6. The topological polar surface area (TPSA) is 115 Å². The van der Waals surface area contributed by atoms with Crippen molar-refractivity contribution in [3.63, 3.8) is 0 Å². The van der Waals surface area contributed by atoms with Crippen molar-refractivity contribution in [3.05, 3.63) is 80.8 Å². The van der Waals surface area contributed by atoms with Crippen molar-refractivity contribution in [1.29, 1.82) is 0 Å². The summed E-state index contributed by atoms with van der Waals surface area (Å²) < 4.78 is 3.03. The molecule has 0 radical (unpaired) electrons. The summed E-state index contributed by atoms with van der Waals surface area (Å²) in [4.78, 5) is 51.2. The van der Waals surface area contributed by atoms with Gasteiger partial charge in [-0.1, -0.05) is 18.2 Å². The summed E-state index contributed by atoms with van der Waals surface area (Å²) in [5, 5.41) is 2.94. The summed E-state index contributed by atoms with van der Waals surface area (Å²) >= 11 is 0. The van der Waals surface area contributed by atoms with Gasteiger partial charge in [0.2, 0.25) is 0 Å². The molecular weight excluding hydrogens is 456 g/mol. The van der Waals surface area contributed by atoms with Crippen LogP contribution in [0.5, 0.6) is 0 Å². The van der Waals surface area contributed by atoms with Crippen LogP contribution in [0.2, 0.25) is 0 Å². The number of carbonyl (C=O) groups excluding carboxylic acids is 1. The fourth-order valence-electron chi connectivity index (χ4n) is 4.52. The molecule has 3 heterocycles. The number of carbonyl (C=O) groups is 1. The molecule has 0 atom stereocenters. The third-order valence-corrected chi connectivity index (χ3v) is 6.96. The first kappa shape index (κ1) is 22.5. The van der Waals surface area contributed by atoms with Crippen LogP contribution < -0.4 is 16.6 Å². The molecule has 1 amide bonds. The van der Waals surface area contributed by atoms with Gasteiger partial charge in [-0.25, -0.2) is 9.78 Å². The standard InChI is InChI=1S/C27H28N6O3/c34-25(29-12-10-17-3-2-11-28-14-17)21-5-1-4-20(13-21)23-30-22-24(31-23)32(15-18-6-7-18)27(36)33(26(22)35)16-19-8-9-19/h1-5,11,13-14,18-19H,6-10,12,15-16H2,(H,29,34)(H,30,31). The number of nitrogens with one attached hydrogen (secondary N) is 2. The van der Waals surface area contributed by atoms with Gasteiger partial charge in [-0.2, -0.15) is 0 Å². The van der Waals surface area contributed by atoms with Crippen molar-refractivity contribution >= 4 is 17.1 Å². The van der Waals surface area contributed by atoms with Gasteiger partial charge in [0.1, 0.15) is 11.3 Å². The quantitative estimate of drug-likeness (QED) is 0.379. The van der Waals surface area contributed by atoms with Crippen LogP contribution in [0.25, 0.3) is 22.6 Å². The minimum atomic E-state index is -0.322. The second-order valence-electron chi connectivity index (χ2n) is 9.93. The van der Waals surface area contributed by atoms with Crippen LogP contribution in [0.3, 0.4) is 0 Å². The Morgan fingerprint density at radius 1 is 1.03 bits per heavy atom. The predicted octanol–water partition coefficient (Wildman–Crippen LogP) is 2.74. The highest BCUT2D eigenvalue weighted by Gasteiger charge is 2.28. The van der Waals surface area contributed by atoms with Crippen LogP contribution in [0.4, 0.5) is 0 Å². The first-order chi connectivity index (χ1) is 17.6. The van der Waals surface area contributed by atoms with E-state index in [1.54, 1.807) is 35.2 Å². The van der Waals surface area contributed by atoms with Crippen molar-refractivity contribution in [2.45, 2.75) is 45.2 Å². The number of benzene rings is 1. The summed E-state index contributed by atoms with van der Waals surface area (Å²) in [7, 11) is 0. The third-order valence-electron chi connectivity index (χ3n) is 6.96. The fourth-order valence-corrected chi connectivity index (χ4v) is 4.52. The maximum absolute atomic E-state index is 13.2. The molecule has 9 heteroatoms. The number of rotatable bonds is 9.